The van der Waals surface area contributed by atoms with Crippen LogP contribution in [0.5, 0.6) is 0 Å². The number of hydrogen-bond donors (Lipinski definition) is 0. The van der Waals surface area contributed by atoms with Crippen LogP contribution in [0.1, 0.15) is 12.8 Å². The zero-order chi connectivity index (χ0) is 10.8. The van der Waals surface area contributed by atoms with Crippen molar-refractivity contribution >= 4 is 57.8 Å². The Morgan fingerprint density at radius 2 is 1.57 bits per heavy atom. The van der Waals surface area contributed by atoms with E-state index in [1.54, 1.807) is 4.31 Å². The molecule has 0 radical (unpaired) electrons. The Morgan fingerprint density at radius 1 is 1.14 bits per heavy atom. The van der Waals surface area contributed by atoms with Gasteiger partial charge in [0.25, 0.3) is 0 Å². The van der Waals surface area contributed by atoms with Crippen LogP contribution in [0.25, 0.3) is 0 Å². The number of alkyl halides is 3. The highest BCUT2D eigenvalue weighted by Crippen LogP contribution is 2.26. The second kappa shape index (κ2) is 5.61. The van der Waals surface area contributed by atoms with Crippen molar-refractivity contribution in [3.63, 3.8) is 0 Å². The molecule has 0 N–H and O–H groups in total. The van der Waals surface area contributed by atoms with Crippen LogP contribution in [-0.2, 0) is 10.0 Å². The van der Waals surface area contributed by atoms with Crippen molar-refractivity contribution in [2.75, 3.05) is 17.8 Å². The van der Waals surface area contributed by atoms with Crippen molar-refractivity contribution in [3.8, 4) is 0 Å². The van der Waals surface area contributed by atoms with E-state index in [2.05, 4.69) is 47.8 Å². The van der Waals surface area contributed by atoms with Gasteiger partial charge in [-0.2, -0.15) is 0 Å². The molecule has 0 spiro atoms. The van der Waals surface area contributed by atoms with E-state index >= 15 is 0 Å². The average Bonchev–Trinajstić information content (AvgIpc) is 2.31. The van der Waals surface area contributed by atoms with E-state index in [1.165, 1.54) is 0 Å². The minimum Gasteiger partial charge on any atom is -0.211 e. The van der Waals surface area contributed by atoms with E-state index in [0.29, 0.717) is 22.7 Å². The highest BCUT2D eigenvalue weighted by Gasteiger charge is 2.28. The van der Waals surface area contributed by atoms with Crippen molar-refractivity contribution in [2.24, 2.45) is 0 Å². The van der Waals surface area contributed by atoms with Gasteiger partial charge in [-0.05, 0) is 12.8 Å². The molecule has 3 nitrogen and oxygen atoms in total. The summed E-state index contributed by atoms with van der Waals surface area (Å²) in [5.41, 5.74) is 0. The highest BCUT2D eigenvalue weighted by molar-refractivity contribution is 9.12. The molecule has 0 amide bonds. The molecule has 1 heterocycles. The summed E-state index contributed by atoms with van der Waals surface area (Å²) in [6, 6.07) is 0. The fraction of sp³-hybridized carbons (Fsp3) is 1.00. The molecule has 0 saturated carbocycles. The van der Waals surface area contributed by atoms with Gasteiger partial charge < -0.3 is 0 Å². The first-order valence-corrected chi connectivity index (χ1v) is 8.85. The Morgan fingerprint density at radius 3 is 1.93 bits per heavy atom. The molecule has 84 valence electrons. The van der Waals surface area contributed by atoms with Crippen molar-refractivity contribution in [2.45, 2.75) is 22.5 Å². The Bertz CT molecular complexity index is 271. The van der Waals surface area contributed by atoms with Crippen molar-refractivity contribution in [3.05, 3.63) is 0 Å². The Hall–Kier alpha value is 1.35. The molecule has 14 heavy (non-hydrogen) atoms. The summed E-state index contributed by atoms with van der Waals surface area (Å²) < 4.78 is 24.7. The summed E-state index contributed by atoms with van der Waals surface area (Å²) in [4.78, 5) is 0.719. The fourth-order valence-electron chi connectivity index (χ4n) is 1.36. The Kier molecular flexibility index (Phi) is 5.38. The van der Waals surface area contributed by atoms with Crippen LogP contribution < -0.4 is 0 Å². The standard InChI is InChI=1S/C7H12Br3NO2S/c8-5-14(12,13)11-3-1-6(9)7(10)2-4-11/h6-7H,1-5H2/t6-,7-/m0/s1. The largest absolute Gasteiger partial charge is 0.224 e. The third kappa shape index (κ3) is 3.43. The van der Waals surface area contributed by atoms with Gasteiger partial charge in [0, 0.05) is 22.7 Å². The molecule has 1 aliphatic heterocycles. The van der Waals surface area contributed by atoms with E-state index < -0.39 is 10.0 Å². The molecule has 1 rings (SSSR count). The zero-order valence-electron chi connectivity index (χ0n) is 7.50. The van der Waals surface area contributed by atoms with Gasteiger partial charge >= 0.3 is 0 Å². The predicted molar refractivity (Wildman–Crippen MR) is 69.0 cm³/mol. The van der Waals surface area contributed by atoms with Gasteiger partial charge in [0.15, 0.2) is 0 Å². The van der Waals surface area contributed by atoms with E-state index in [0.717, 1.165) is 12.8 Å². The molecular formula is C7H12Br3NO2S. The third-order valence-corrected chi connectivity index (χ3v) is 8.30. The normalized spacial score (nSPS) is 31.4. The first-order valence-electron chi connectivity index (χ1n) is 4.29. The van der Waals surface area contributed by atoms with E-state index in [4.69, 9.17) is 0 Å². The number of halogens is 3. The van der Waals surface area contributed by atoms with Gasteiger partial charge in [-0.3, -0.25) is 0 Å². The molecule has 7 heteroatoms. The maximum absolute atomic E-state index is 11.6. The summed E-state index contributed by atoms with van der Waals surface area (Å²) in [5, 5.41) is 0. The van der Waals surface area contributed by atoms with E-state index in [-0.39, 0.29) is 4.66 Å². The van der Waals surface area contributed by atoms with Gasteiger partial charge in [-0.1, -0.05) is 47.8 Å². The zero-order valence-corrected chi connectivity index (χ0v) is 13.1. The molecule has 1 saturated heterocycles. The first-order chi connectivity index (χ1) is 6.47. The molecule has 0 bridgehead atoms. The topological polar surface area (TPSA) is 37.4 Å². The number of sulfonamides is 1. The second-order valence-corrected chi connectivity index (χ2v) is 8.85. The molecule has 0 aromatic heterocycles. The lowest BCUT2D eigenvalue weighted by Crippen LogP contribution is -2.32. The van der Waals surface area contributed by atoms with Crippen LogP contribution in [0.2, 0.25) is 0 Å². The van der Waals surface area contributed by atoms with Gasteiger partial charge in [-0.25, -0.2) is 12.7 Å². The molecule has 0 aromatic carbocycles. The van der Waals surface area contributed by atoms with Gasteiger partial charge in [0.2, 0.25) is 10.0 Å². The van der Waals surface area contributed by atoms with Crippen LogP contribution in [0.3, 0.4) is 0 Å². The van der Waals surface area contributed by atoms with E-state index in [1.807, 2.05) is 0 Å². The molecule has 0 aliphatic carbocycles. The lowest BCUT2D eigenvalue weighted by molar-refractivity contribution is 0.428. The lowest BCUT2D eigenvalue weighted by Gasteiger charge is -2.17. The lowest BCUT2D eigenvalue weighted by atomic mass is 10.2. The SMILES string of the molecule is O=S(=O)(CBr)N1CC[C@H](Br)[C@@H](Br)CC1. The van der Waals surface area contributed by atoms with Crippen LogP contribution in [0.15, 0.2) is 0 Å². The van der Waals surface area contributed by atoms with Gasteiger partial charge in [0.1, 0.15) is 4.66 Å². The Labute approximate surface area is 110 Å². The molecule has 0 aromatic rings. The summed E-state index contributed by atoms with van der Waals surface area (Å²) in [6.07, 6.45) is 1.70. The molecular weight excluding hydrogens is 402 g/mol. The minimum absolute atomic E-state index is 0.0138. The summed E-state index contributed by atoms with van der Waals surface area (Å²) in [7, 11) is -3.08. The molecule has 2 atom stereocenters. The quantitative estimate of drug-likeness (QED) is 0.651. The maximum atomic E-state index is 11.6. The molecule has 1 fully saturated rings. The van der Waals surface area contributed by atoms with Crippen molar-refractivity contribution in [1.82, 2.24) is 4.31 Å². The van der Waals surface area contributed by atoms with Gasteiger partial charge in [-0.15, -0.1) is 0 Å². The summed E-state index contributed by atoms with van der Waals surface area (Å²) in [5.74, 6) is 0. The smallest absolute Gasteiger partial charge is 0.211 e. The third-order valence-electron chi connectivity index (χ3n) is 2.23. The van der Waals surface area contributed by atoms with Crippen molar-refractivity contribution in [1.29, 1.82) is 0 Å². The Balaban J connectivity index is 2.67. The number of hydrogen-bond acceptors (Lipinski definition) is 2. The molecule has 0 unspecified atom stereocenters. The number of nitrogens with zero attached hydrogens (tertiary/aromatic N) is 1. The van der Waals surface area contributed by atoms with Crippen LogP contribution >= 0.6 is 47.8 Å². The molecule has 1 aliphatic rings. The van der Waals surface area contributed by atoms with Crippen LogP contribution in [0, 0.1) is 0 Å². The predicted octanol–water partition coefficient (Wildman–Crippen LogP) is 2.29. The van der Waals surface area contributed by atoms with E-state index in [9.17, 15) is 8.42 Å². The van der Waals surface area contributed by atoms with Gasteiger partial charge in [0.05, 0.1) is 0 Å². The fourth-order valence-corrected chi connectivity index (χ4v) is 4.07. The average molecular weight is 414 g/mol. The maximum Gasteiger partial charge on any atom is 0.224 e. The summed E-state index contributed by atoms with van der Waals surface area (Å²) >= 11 is 10.1. The number of rotatable bonds is 2. The first kappa shape index (κ1) is 13.4. The van der Waals surface area contributed by atoms with Crippen molar-refractivity contribution < 1.29 is 8.42 Å². The summed E-state index contributed by atoms with van der Waals surface area (Å²) in [6.45, 7) is 1.21. The van der Waals surface area contributed by atoms with Crippen LogP contribution in [0.4, 0.5) is 0 Å². The second-order valence-electron chi connectivity index (χ2n) is 3.23. The minimum atomic E-state index is -3.08. The van der Waals surface area contributed by atoms with Crippen LogP contribution in [-0.4, -0.2) is 40.1 Å². The monoisotopic (exact) mass is 411 g/mol. The highest BCUT2D eigenvalue weighted by atomic mass is 79.9.